The Balaban J connectivity index is 3.31. The Kier molecular flexibility index (Phi) is 2.34. The number of aromatic nitrogens is 2. The number of aryl methyl sites for hydroxylation is 1. The molecule has 0 amide bonds. The summed E-state index contributed by atoms with van der Waals surface area (Å²) < 4.78 is 36.4. The standard InChI is InChI=1S/C6H4ClF3N2O/c1-2-3(5(7)13)4(12-11-2)6(8,9)10/h1H3,(H,11,12). The lowest BCUT2D eigenvalue weighted by Crippen LogP contribution is -2.10. The van der Waals surface area contributed by atoms with E-state index in [1.807, 2.05) is 5.10 Å². The molecule has 0 atom stereocenters. The average molecular weight is 213 g/mol. The SMILES string of the molecule is Cc1[nH]nc(C(F)(F)F)c1C(=O)Cl. The smallest absolute Gasteiger partial charge is 0.281 e. The molecule has 1 N–H and O–H groups in total. The van der Waals surface area contributed by atoms with Crippen molar-refractivity contribution < 1.29 is 18.0 Å². The van der Waals surface area contributed by atoms with Gasteiger partial charge in [-0.15, -0.1) is 0 Å². The zero-order chi connectivity index (χ0) is 10.2. The van der Waals surface area contributed by atoms with Crippen LogP contribution in [0.3, 0.4) is 0 Å². The molecule has 0 spiro atoms. The molecule has 7 heteroatoms. The summed E-state index contributed by atoms with van der Waals surface area (Å²) in [7, 11) is 0. The molecule has 0 saturated carbocycles. The monoisotopic (exact) mass is 212 g/mol. The molecule has 3 nitrogen and oxygen atoms in total. The summed E-state index contributed by atoms with van der Waals surface area (Å²) in [5.74, 6) is 0. The molecular formula is C6H4ClF3N2O. The highest BCUT2D eigenvalue weighted by Crippen LogP contribution is 2.31. The van der Waals surface area contributed by atoms with Crippen LogP contribution in [0.25, 0.3) is 0 Å². The lowest BCUT2D eigenvalue weighted by molar-refractivity contribution is -0.141. The first kappa shape index (κ1) is 10.0. The van der Waals surface area contributed by atoms with Gasteiger partial charge in [0.1, 0.15) is 0 Å². The quantitative estimate of drug-likeness (QED) is 0.725. The lowest BCUT2D eigenvalue weighted by Gasteiger charge is -2.02. The Morgan fingerprint density at radius 1 is 1.54 bits per heavy atom. The highest BCUT2D eigenvalue weighted by Gasteiger charge is 2.39. The zero-order valence-corrected chi connectivity index (χ0v) is 7.12. The van der Waals surface area contributed by atoms with E-state index >= 15 is 0 Å². The molecule has 0 radical (unpaired) electrons. The normalized spacial score (nSPS) is 11.8. The third-order valence-electron chi connectivity index (χ3n) is 1.41. The minimum atomic E-state index is -4.66. The summed E-state index contributed by atoms with van der Waals surface area (Å²) in [6, 6.07) is 0. The Labute approximate surface area is 75.9 Å². The number of carbonyl (C=O) groups excluding carboxylic acids is 1. The Hall–Kier alpha value is -1.04. The number of H-pyrrole nitrogens is 1. The second-order valence-corrected chi connectivity index (χ2v) is 2.69. The molecule has 1 aromatic rings. The molecule has 0 aliphatic heterocycles. The van der Waals surface area contributed by atoms with Crippen molar-refractivity contribution in [3.63, 3.8) is 0 Å². The molecule has 0 unspecified atom stereocenters. The minimum absolute atomic E-state index is 0.00678. The fraction of sp³-hybridized carbons (Fsp3) is 0.333. The number of alkyl halides is 3. The first-order chi connectivity index (χ1) is 5.84. The fourth-order valence-electron chi connectivity index (χ4n) is 0.875. The van der Waals surface area contributed by atoms with Gasteiger partial charge >= 0.3 is 6.18 Å². The van der Waals surface area contributed by atoms with Gasteiger partial charge in [-0.25, -0.2) is 0 Å². The van der Waals surface area contributed by atoms with Gasteiger partial charge in [0.2, 0.25) is 0 Å². The van der Waals surface area contributed by atoms with Crippen molar-refractivity contribution in [1.29, 1.82) is 0 Å². The number of halogens is 4. The molecule has 0 aliphatic carbocycles. The number of hydrogen-bond acceptors (Lipinski definition) is 2. The van der Waals surface area contributed by atoms with Crippen LogP contribution < -0.4 is 0 Å². The van der Waals surface area contributed by atoms with Gasteiger partial charge in [-0.3, -0.25) is 9.89 Å². The largest absolute Gasteiger partial charge is 0.435 e. The summed E-state index contributed by atoms with van der Waals surface area (Å²) in [6.07, 6.45) is -4.66. The van der Waals surface area contributed by atoms with Gasteiger partial charge in [0.05, 0.1) is 5.56 Å². The van der Waals surface area contributed by atoms with Gasteiger partial charge in [-0.05, 0) is 18.5 Å². The van der Waals surface area contributed by atoms with Gasteiger partial charge in [-0.1, -0.05) is 0 Å². The lowest BCUT2D eigenvalue weighted by atomic mass is 10.2. The van der Waals surface area contributed by atoms with E-state index in [0.29, 0.717) is 0 Å². The second kappa shape index (κ2) is 3.02. The van der Waals surface area contributed by atoms with Crippen LogP contribution in [0.1, 0.15) is 21.7 Å². The highest BCUT2D eigenvalue weighted by molar-refractivity contribution is 6.68. The van der Waals surface area contributed by atoms with E-state index in [9.17, 15) is 18.0 Å². The molecule has 13 heavy (non-hydrogen) atoms. The molecule has 1 rings (SSSR count). The van der Waals surface area contributed by atoms with Crippen molar-refractivity contribution in [3.05, 3.63) is 17.0 Å². The maximum Gasteiger partial charge on any atom is 0.435 e. The Morgan fingerprint density at radius 3 is 2.38 bits per heavy atom. The van der Waals surface area contributed by atoms with E-state index in [1.54, 1.807) is 0 Å². The molecule has 0 fully saturated rings. The van der Waals surface area contributed by atoms with E-state index in [4.69, 9.17) is 11.6 Å². The van der Waals surface area contributed by atoms with Crippen molar-refractivity contribution >= 4 is 16.8 Å². The zero-order valence-electron chi connectivity index (χ0n) is 6.37. The number of nitrogens with zero attached hydrogens (tertiary/aromatic N) is 1. The van der Waals surface area contributed by atoms with Crippen LogP contribution in [0.15, 0.2) is 0 Å². The first-order valence-electron chi connectivity index (χ1n) is 3.16. The predicted molar refractivity (Wildman–Crippen MR) is 38.5 cm³/mol. The van der Waals surface area contributed by atoms with Crippen LogP contribution >= 0.6 is 11.6 Å². The molecule has 0 aromatic carbocycles. The van der Waals surface area contributed by atoms with Crippen LogP contribution in [-0.4, -0.2) is 15.4 Å². The van der Waals surface area contributed by atoms with Crippen molar-refractivity contribution in [1.82, 2.24) is 10.2 Å². The molecule has 0 bridgehead atoms. The van der Waals surface area contributed by atoms with Crippen LogP contribution in [0.2, 0.25) is 0 Å². The van der Waals surface area contributed by atoms with E-state index in [1.165, 1.54) is 6.92 Å². The second-order valence-electron chi connectivity index (χ2n) is 2.34. The Bertz CT molecular complexity index is 344. The fourth-order valence-corrected chi connectivity index (χ4v) is 1.11. The molecule has 1 aromatic heterocycles. The van der Waals surface area contributed by atoms with E-state index in [0.717, 1.165) is 0 Å². The summed E-state index contributed by atoms with van der Waals surface area (Å²) in [5.41, 5.74) is -1.88. The number of carbonyl (C=O) groups is 1. The van der Waals surface area contributed by atoms with E-state index < -0.39 is 22.7 Å². The Morgan fingerprint density at radius 2 is 2.08 bits per heavy atom. The highest BCUT2D eigenvalue weighted by atomic mass is 35.5. The van der Waals surface area contributed by atoms with Gasteiger partial charge < -0.3 is 0 Å². The van der Waals surface area contributed by atoms with Crippen molar-refractivity contribution in [2.45, 2.75) is 13.1 Å². The summed E-state index contributed by atoms with van der Waals surface area (Å²) in [5, 5.41) is 3.83. The topological polar surface area (TPSA) is 45.8 Å². The molecule has 72 valence electrons. The van der Waals surface area contributed by atoms with Crippen LogP contribution in [0.5, 0.6) is 0 Å². The number of rotatable bonds is 1. The predicted octanol–water partition coefficient (Wildman–Crippen LogP) is 2.12. The summed E-state index contributed by atoms with van der Waals surface area (Å²) >= 11 is 4.96. The molecule has 1 heterocycles. The maximum absolute atomic E-state index is 12.1. The van der Waals surface area contributed by atoms with Crippen LogP contribution in [0.4, 0.5) is 13.2 Å². The van der Waals surface area contributed by atoms with Crippen LogP contribution in [0, 0.1) is 6.92 Å². The van der Waals surface area contributed by atoms with Gasteiger partial charge in [0, 0.05) is 5.69 Å². The first-order valence-corrected chi connectivity index (χ1v) is 3.54. The number of nitrogens with one attached hydrogen (secondary N) is 1. The van der Waals surface area contributed by atoms with Gasteiger partial charge in [0.15, 0.2) is 5.69 Å². The average Bonchev–Trinajstić information content (AvgIpc) is 2.28. The summed E-state index contributed by atoms with van der Waals surface area (Å²) in [6.45, 7) is 1.29. The third kappa shape index (κ3) is 1.82. The molecule has 0 saturated heterocycles. The third-order valence-corrected chi connectivity index (χ3v) is 1.60. The molecule has 0 aliphatic rings. The number of aromatic amines is 1. The van der Waals surface area contributed by atoms with Gasteiger partial charge in [-0.2, -0.15) is 18.3 Å². The number of hydrogen-bond donors (Lipinski definition) is 1. The van der Waals surface area contributed by atoms with Crippen molar-refractivity contribution in [2.75, 3.05) is 0 Å². The van der Waals surface area contributed by atoms with Crippen molar-refractivity contribution in [3.8, 4) is 0 Å². The van der Waals surface area contributed by atoms with E-state index in [-0.39, 0.29) is 5.69 Å². The summed E-state index contributed by atoms with van der Waals surface area (Å²) in [4.78, 5) is 10.6. The molecular weight excluding hydrogens is 209 g/mol. The maximum atomic E-state index is 12.1. The van der Waals surface area contributed by atoms with Crippen LogP contribution in [-0.2, 0) is 6.18 Å². The van der Waals surface area contributed by atoms with E-state index in [2.05, 4.69) is 5.10 Å². The van der Waals surface area contributed by atoms with Crippen molar-refractivity contribution in [2.24, 2.45) is 0 Å². The minimum Gasteiger partial charge on any atom is -0.281 e. The van der Waals surface area contributed by atoms with Gasteiger partial charge in [0.25, 0.3) is 5.24 Å².